The van der Waals surface area contributed by atoms with E-state index in [1.54, 1.807) is 19.9 Å². The fourth-order valence-electron chi connectivity index (χ4n) is 1.72. The molecule has 0 bridgehead atoms. The third kappa shape index (κ3) is 3.93. The largest absolute Gasteiger partial charge is 0.398 e. The van der Waals surface area contributed by atoms with Gasteiger partial charge in [-0.15, -0.1) is 0 Å². The van der Waals surface area contributed by atoms with Crippen molar-refractivity contribution in [1.82, 2.24) is 4.72 Å². The summed E-state index contributed by atoms with van der Waals surface area (Å²) in [4.78, 5) is 10.8. The monoisotopic (exact) mass is 285 g/mol. The molecule has 0 saturated heterocycles. The van der Waals surface area contributed by atoms with Gasteiger partial charge in [-0.1, -0.05) is 0 Å². The molecular weight excluding hydrogens is 266 g/mol. The molecule has 0 saturated carbocycles. The van der Waals surface area contributed by atoms with Crippen LogP contribution in [0.5, 0.6) is 0 Å². The minimum atomic E-state index is -3.76. The number of carbonyl (C=O) groups is 1. The second kappa shape index (κ2) is 5.58. The smallest absolute Gasteiger partial charge is 0.242 e. The Hall–Kier alpha value is -1.60. The second-order valence-electron chi connectivity index (χ2n) is 4.67. The average molecular weight is 285 g/mol. The molecule has 0 aliphatic rings. The number of hydrogen-bond donors (Lipinski definition) is 3. The first-order valence-electron chi connectivity index (χ1n) is 5.81. The molecule has 19 heavy (non-hydrogen) atoms. The van der Waals surface area contributed by atoms with E-state index in [4.69, 9.17) is 11.5 Å². The van der Waals surface area contributed by atoms with Crippen LogP contribution in [0.2, 0.25) is 0 Å². The molecule has 0 aliphatic heterocycles. The van der Waals surface area contributed by atoms with Crippen LogP contribution in [0.25, 0.3) is 0 Å². The number of carbonyl (C=O) groups excluding carboxylic acids is 1. The topological polar surface area (TPSA) is 115 Å². The summed E-state index contributed by atoms with van der Waals surface area (Å²) in [5.41, 5.74) is 12.7. The van der Waals surface area contributed by atoms with Gasteiger partial charge in [-0.3, -0.25) is 4.79 Å². The number of rotatable bonds is 5. The highest BCUT2D eigenvalue weighted by molar-refractivity contribution is 7.89. The average Bonchev–Trinajstić information content (AvgIpc) is 2.20. The number of hydrogen-bond acceptors (Lipinski definition) is 4. The van der Waals surface area contributed by atoms with Gasteiger partial charge in [-0.05, 0) is 44.0 Å². The quantitative estimate of drug-likeness (QED) is 0.680. The van der Waals surface area contributed by atoms with E-state index in [2.05, 4.69) is 4.72 Å². The van der Waals surface area contributed by atoms with E-state index in [9.17, 15) is 13.2 Å². The molecule has 0 aliphatic carbocycles. The molecule has 1 aromatic rings. The fraction of sp³-hybridized carbons (Fsp3) is 0.417. The zero-order valence-electron chi connectivity index (χ0n) is 11.2. The van der Waals surface area contributed by atoms with Gasteiger partial charge in [0.2, 0.25) is 15.9 Å². The zero-order valence-corrected chi connectivity index (χ0v) is 12.0. The summed E-state index contributed by atoms with van der Waals surface area (Å²) < 4.78 is 26.7. The van der Waals surface area contributed by atoms with Gasteiger partial charge < -0.3 is 11.5 Å². The Morgan fingerprint density at radius 1 is 1.32 bits per heavy atom. The number of benzene rings is 1. The van der Waals surface area contributed by atoms with Crippen molar-refractivity contribution < 1.29 is 13.2 Å². The molecule has 0 fully saturated rings. The van der Waals surface area contributed by atoms with E-state index >= 15 is 0 Å². The number of amides is 1. The van der Waals surface area contributed by atoms with E-state index in [0.717, 1.165) is 11.1 Å². The lowest BCUT2D eigenvalue weighted by molar-refractivity contribution is -0.118. The summed E-state index contributed by atoms with van der Waals surface area (Å²) in [6.45, 7) is 5.23. The third-order valence-electron chi connectivity index (χ3n) is 2.78. The van der Waals surface area contributed by atoms with Crippen molar-refractivity contribution in [2.75, 3.05) is 5.73 Å². The van der Waals surface area contributed by atoms with Crippen molar-refractivity contribution in [1.29, 1.82) is 0 Å². The van der Waals surface area contributed by atoms with Crippen molar-refractivity contribution in [2.45, 2.75) is 38.1 Å². The van der Waals surface area contributed by atoms with Gasteiger partial charge in [0, 0.05) is 12.5 Å². The first-order chi connectivity index (χ1) is 8.63. The SMILES string of the molecule is Cc1cc(N)c(S(=O)(=O)NC(C)CC(N)=O)cc1C. The molecule has 0 aromatic heterocycles. The summed E-state index contributed by atoms with van der Waals surface area (Å²) in [5.74, 6) is -0.566. The highest BCUT2D eigenvalue weighted by atomic mass is 32.2. The molecule has 106 valence electrons. The van der Waals surface area contributed by atoms with Crippen molar-refractivity contribution in [3.8, 4) is 0 Å². The lowest BCUT2D eigenvalue weighted by atomic mass is 10.1. The molecule has 1 aromatic carbocycles. The molecule has 1 amide bonds. The Labute approximate surface area is 113 Å². The van der Waals surface area contributed by atoms with Crippen LogP contribution in [0, 0.1) is 13.8 Å². The molecule has 5 N–H and O–H groups in total. The zero-order chi connectivity index (χ0) is 14.8. The van der Waals surface area contributed by atoms with Gasteiger partial charge in [0.15, 0.2) is 0 Å². The molecule has 1 atom stereocenters. The number of nitrogen functional groups attached to an aromatic ring is 1. The number of nitrogens with one attached hydrogen (secondary N) is 1. The van der Waals surface area contributed by atoms with Crippen molar-refractivity contribution in [3.63, 3.8) is 0 Å². The second-order valence-corrected chi connectivity index (χ2v) is 6.35. The van der Waals surface area contributed by atoms with Crippen LogP contribution in [0.4, 0.5) is 5.69 Å². The molecule has 6 nitrogen and oxygen atoms in total. The normalized spacial score (nSPS) is 13.2. The van der Waals surface area contributed by atoms with E-state index in [-0.39, 0.29) is 17.0 Å². The van der Waals surface area contributed by atoms with Crippen LogP contribution in [-0.2, 0) is 14.8 Å². The van der Waals surface area contributed by atoms with Crippen LogP contribution < -0.4 is 16.2 Å². The Bertz CT molecular complexity index is 596. The van der Waals surface area contributed by atoms with E-state index < -0.39 is 22.0 Å². The fourth-order valence-corrected chi connectivity index (χ4v) is 3.16. The first-order valence-corrected chi connectivity index (χ1v) is 7.29. The van der Waals surface area contributed by atoms with Crippen molar-refractivity contribution in [3.05, 3.63) is 23.3 Å². The number of aryl methyl sites for hydroxylation is 2. The van der Waals surface area contributed by atoms with Gasteiger partial charge in [0.1, 0.15) is 4.90 Å². The Kier molecular flexibility index (Phi) is 4.54. The molecule has 0 radical (unpaired) electrons. The Morgan fingerprint density at radius 3 is 2.37 bits per heavy atom. The first kappa shape index (κ1) is 15.5. The molecule has 0 heterocycles. The van der Waals surface area contributed by atoms with Crippen LogP contribution in [0.15, 0.2) is 17.0 Å². The maximum Gasteiger partial charge on any atom is 0.242 e. The van der Waals surface area contributed by atoms with Gasteiger partial charge in [-0.2, -0.15) is 0 Å². The van der Waals surface area contributed by atoms with Gasteiger partial charge >= 0.3 is 0 Å². The third-order valence-corrected chi connectivity index (χ3v) is 4.42. The van der Waals surface area contributed by atoms with Gasteiger partial charge in [0.05, 0.1) is 5.69 Å². The molecule has 7 heteroatoms. The highest BCUT2D eigenvalue weighted by Crippen LogP contribution is 2.22. The number of sulfonamides is 1. The molecule has 0 spiro atoms. The molecular formula is C12H19N3O3S. The highest BCUT2D eigenvalue weighted by Gasteiger charge is 2.21. The van der Waals surface area contributed by atoms with Crippen molar-refractivity contribution >= 4 is 21.6 Å². The lowest BCUT2D eigenvalue weighted by Gasteiger charge is -2.15. The molecule has 1 rings (SSSR count). The maximum atomic E-state index is 12.2. The van der Waals surface area contributed by atoms with E-state index in [1.165, 1.54) is 6.07 Å². The summed E-state index contributed by atoms with van der Waals surface area (Å²) >= 11 is 0. The number of anilines is 1. The minimum absolute atomic E-state index is 0.0203. The summed E-state index contributed by atoms with van der Waals surface area (Å²) in [5, 5.41) is 0. The summed E-state index contributed by atoms with van der Waals surface area (Å²) in [6.07, 6.45) is -0.0655. The van der Waals surface area contributed by atoms with Crippen LogP contribution in [0.3, 0.4) is 0 Å². The summed E-state index contributed by atoms with van der Waals surface area (Å²) in [7, 11) is -3.76. The van der Waals surface area contributed by atoms with Gasteiger partial charge in [0.25, 0.3) is 0 Å². The number of nitrogens with two attached hydrogens (primary N) is 2. The maximum absolute atomic E-state index is 12.2. The van der Waals surface area contributed by atoms with E-state index in [0.29, 0.717) is 0 Å². The Balaban J connectivity index is 3.07. The standard InChI is InChI=1S/C12H19N3O3S/c1-7-4-10(13)11(5-8(7)2)19(17,18)15-9(3)6-12(14)16/h4-5,9,15H,6,13H2,1-3H3,(H2,14,16). The summed E-state index contributed by atoms with van der Waals surface area (Å²) in [6, 6.07) is 2.55. The van der Waals surface area contributed by atoms with Crippen LogP contribution in [-0.4, -0.2) is 20.4 Å². The predicted octanol–water partition coefficient (Wildman–Crippen LogP) is 0.428. The van der Waals surface area contributed by atoms with Gasteiger partial charge in [-0.25, -0.2) is 13.1 Å². The van der Waals surface area contributed by atoms with Crippen LogP contribution in [0.1, 0.15) is 24.5 Å². The van der Waals surface area contributed by atoms with Crippen molar-refractivity contribution in [2.24, 2.45) is 5.73 Å². The molecule has 1 unspecified atom stereocenters. The van der Waals surface area contributed by atoms with Crippen LogP contribution >= 0.6 is 0 Å². The lowest BCUT2D eigenvalue weighted by Crippen LogP contribution is -2.36. The minimum Gasteiger partial charge on any atom is -0.398 e. The number of primary amides is 1. The van der Waals surface area contributed by atoms with E-state index in [1.807, 2.05) is 6.92 Å². The Morgan fingerprint density at radius 2 is 1.84 bits per heavy atom. The predicted molar refractivity (Wildman–Crippen MR) is 73.9 cm³/mol.